The molecule has 0 aliphatic carbocycles. The molecule has 3 N–H and O–H groups in total. The Labute approximate surface area is 123 Å². The van der Waals surface area contributed by atoms with Crippen LogP contribution < -0.4 is 11.1 Å². The molecule has 0 fully saturated rings. The molecule has 0 atom stereocenters. The van der Waals surface area contributed by atoms with Crippen LogP contribution in [0.2, 0.25) is 0 Å². The molecule has 1 amide bonds. The lowest BCUT2D eigenvalue weighted by atomic mass is 10.3. The predicted octanol–water partition coefficient (Wildman–Crippen LogP) is 2.55. The second-order valence-electron chi connectivity index (χ2n) is 4.08. The highest BCUT2D eigenvalue weighted by Gasteiger charge is 2.18. The van der Waals surface area contributed by atoms with E-state index in [0.29, 0.717) is 30.2 Å². The smallest absolute Gasteiger partial charge is 0.272 e. The van der Waals surface area contributed by atoms with Crippen LogP contribution in [0.1, 0.15) is 28.0 Å². The van der Waals surface area contributed by atoms with Crippen LogP contribution in [-0.2, 0) is 13.1 Å². The third-order valence-electron chi connectivity index (χ3n) is 2.73. The fourth-order valence-corrected chi connectivity index (χ4v) is 3.15. The van der Waals surface area contributed by atoms with E-state index >= 15 is 0 Å². The number of nitrogens with two attached hydrogens (primary N) is 1. The molecule has 0 unspecified atom stereocenters. The van der Waals surface area contributed by atoms with Crippen molar-refractivity contribution in [3.8, 4) is 0 Å². The minimum atomic E-state index is -0.190. The molecule has 0 aliphatic heterocycles. The van der Waals surface area contributed by atoms with Crippen LogP contribution >= 0.6 is 27.3 Å². The highest BCUT2D eigenvalue weighted by molar-refractivity contribution is 9.10. The summed E-state index contributed by atoms with van der Waals surface area (Å²) in [6, 6.07) is 1.98. The number of carbonyl (C=O) groups excluding carboxylic acids is 1. The molecule has 0 aliphatic rings. The minimum Gasteiger partial charge on any atom is -0.395 e. The molecule has 19 heavy (non-hydrogen) atoms. The SMILES string of the molecule is CCn1nc(C)c(N)c1C(=O)NCc1cc(Br)cs1. The molecule has 0 bridgehead atoms. The van der Waals surface area contributed by atoms with Gasteiger partial charge >= 0.3 is 0 Å². The first-order chi connectivity index (χ1) is 9.02. The molecule has 2 heterocycles. The summed E-state index contributed by atoms with van der Waals surface area (Å²) in [4.78, 5) is 13.3. The number of anilines is 1. The number of thiophene rings is 1. The van der Waals surface area contributed by atoms with E-state index in [1.165, 1.54) is 0 Å². The quantitative estimate of drug-likeness (QED) is 0.896. The van der Waals surface area contributed by atoms with Gasteiger partial charge in [-0.05, 0) is 35.8 Å². The zero-order chi connectivity index (χ0) is 14.0. The maximum atomic E-state index is 12.2. The zero-order valence-corrected chi connectivity index (χ0v) is 13.1. The maximum absolute atomic E-state index is 12.2. The normalized spacial score (nSPS) is 10.7. The molecule has 102 valence electrons. The van der Waals surface area contributed by atoms with Gasteiger partial charge in [0.05, 0.1) is 17.9 Å². The number of aryl methyl sites for hydroxylation is 2. The first-order valence-corrected chi connectivity index (χ1v) is 7.54. The Balaban J connectivity index is 2.12. The van der Waals surface area contributed by atoms with E-state index in [2.05, 4.69) is 26.3 Å². The number of nitrogens with one attached hydrogen (secondary N) is 1. The molecule has 0 aromatic carbocycles. The molecule has 0 spiro atoms. The van der Waals surface area contributed by atoms with Crippen LogP contribution in [0.3, 0.4) is 0 Å². The summed E-state index contributed by atoms with van der Waals surface area (Å²) in [5.74, 6) is -0.190. The van der Waals surface area contributed by atoms with Crippen molar-refractivity contribution >= 4 is 38.9 Å². The average Bonchev–Trinajstić information content (AvgIpc) is 2.92. The largest absolute Gasteiger partial charge is 0.395 e. The van der Waals surface area contributed by atoms with E-state index in [1.807, 2.05) is 18.4 Å². The van der Waals surface area contributed by atoms with Crippen LogP contribution in [0.15, 0.2) is 15.9 Å². The molecule has 0 radical (unpaired) electrons. The fourth-order valence-electron chi connectivity index (χ4n) is 1.76. The number of amides is 1. The zero-order valence-electron chi connectivity index (χ0n) is 10.7. The van der Waals surface area contributed by atoms with Crippen molar-refractivity contribution in [2.45, 2.75) is 26.9 Å². The average molecular weight is 343 g/mol. The highest BCUT2D eigenvalue weighted by atomic mass is 79.9. The number of rotatable bonds is 4. The van der Waals surface area contributed by atoms with Crippen molar-refractivity contribution < 1.29 is 4.79 Å². The minimum absolute atomic E-state index is 0.190. The third kappa shape index (κ3) is 2.98. The lowest BCUT2D eigenvalue weighted by Gasteiger charge is -2.06. The molecule has 2 aromatic rings. The summed E-state index contributed by atoms with van der Waals surface area (Å²) in [5.41, 5.74) is 7.48. The molecular formula is C12H15BrN4OS. The van der Waals surface area contributed by atoms with Gasteiger partial charge in [0.25, 0.3) is 5.91 Å². The summed E-state index contributed by atoms with van der Waals surface area (Å²) < 4.78 is 2.65. The fraction of sp³-hybridized carbons (Fsp3) is 0.333. The Morgan fingerprint density at radius 3 is 2.95 bits per heavy atom. The van der Waals surface area contributed by atoms with Gasteiger partial charge in [-0.15, -0.1) is 11.3 Å². The predicted molar refractivity (Wildman–Crippen MR) is 80.2 cm³/mol. The number of hydrogen-bond donors (Lipinski definition) is 2. The molecule has 0 saturated carbocycles. The van der Waals surface area contributed by atoms with Gasteiger partial charge in [-0.1, -0.05) is 0 Å². The molecule has 5 nitrogen and oxygen atoms in total. The van der Waals surface area contributed by atoms with Crippen molar-refractivity contribution in [1.29, 1.82) is 0 Å². The number of hydrogen-bond acceptors (Lipinski definition) is 4. The third-order valence-corrected chi connectivity index (χ3v) is 4.43. The van der Waals surface area contributed by atoms with E-state index in [-0.39, 0.29) is 5.91 Å². The number of nitrogen functional groups attached to an aromatic ring is 1. The molecule has 2 aromatic heterocycles. The second-order valence-corrected chi connectivity index (χ2v) is 5.99. The van der Waals surface area contributed by atoms with Gasteiger partial charge in [-0.25, -0.2) is 0 Å². The van der Waals surface area contributed by atoms with Gasteiger partial charge in [0, 0.05) is 21.3 Å². The van der Waals surface area contributed by atoms with E-state index < -0.39 is 0 Å². The Morgan fingerprint density at radius 1 is 1.63 bits per heavy atom. The van der Waals surface area contributed by atoms with Crippen molar-refractivity contribution in [2.24, 2.45) is 0 Å². The summed E-state index contributed by atoms with van der Waals surface area (Å²) in [5, 5.41) is 9.08. The van der Waals surface area contributed by atoms with Gasteiger partial charge in [0.15, 0.2) is 0 Å². The standard InChI is InChI=1S/C12H15BrN4OS/c1-3-17-11(10(14)7(2)16-17)12(18)15-5-9-4-8(13)6-19-9/h4,6H,3,5,14H2,1-2H3,(H,15,18). The number of carbonyl (C=O) groups is 1. The summed E-state index contributed by atoms with van der Waals surface area (Å²) in [6.45, 7) is 4.83. The Kier molecular flexibility index (Phi) is 4.26. The molecular weight excluding hydrogens is 328 g/mol. The van der Waals surface area contributed by atoms with Gasteiger partial charge in [-0.2, -0.15) is 5.10 Å². The van der Waals surface area contributed by atoms with E-state index in [0.717, 1.165) is 9.35 Å². The molecule has 0 saturated heterocycles. The van der Waals surface area contributed by atoms with Crippen LogP contribution in [0.4, 0.5) is 5.69 Å². The Hall–Kier alpha value is -1.34. The first kappa shape index (κ1) is 14.1. The lowest BCUT2D eigenvalue weighted by Crippen LogP contribution is -2.26. The summed E-state index contributed by atoms with van der Waals surface area (Å²) in [7, 11) is 0. The van der Waals surface area contributed by atoms with E-state index in [4.69, 9.17) is 5.73 Å². The second kappa shape index (κ2) is 5.75. The summed E-state index contributed by atoms with van der Waals surface area (Å²) >= 11 is 4.98. The van der Waals surface area contributed by atoms with Crippen molar-refractivity contribution in [3.05, 3.63) is 32.2 Å². The lowest BCUT2D eigenvalue weighted by molar-refractivity contribution is 0.0941. The van der Waals surface area contributed by atoms with E-state index in [9.17, 15) is 4.79 Å². The van der Waals surface area contributed by atoms with Gasteiger partial charge < -0.3 is 11.1 Å². The number of nitrogens with zero attached hydrogens (tertiary/aromatic N) is 2. The highest BCUT2D eigenvalue weighted by Crippen LogP contribution is 2.20. The molecule has 7 heteroatoms. The first-order valence-electron chi connectivity index (χ1n) is 5.87. The number of halogens is 1. The van der Waals surface area contributed by atoms with Crippen LogP contribution in [0.25, 0.3) is 0 Å². The van der Waals surface area contributed by atoms with Crippen LogP contribution in [0, 0.1) is 6.92 Å². The van der Waals surface area contributed by atoms with E-state index in [1.54, 1.807) is 22.9 Å². The van der Waals surface area contributed by atoms with Crippen LogP contribution in [-0.4, -0.2) is 15.7 Å². The van der Waals surface area contributed by atoms with Gasteiger partial charge in [-0.3, -0.25) is 9.48 Å². The van der Waals surface area contributed by atoms with Crippen molar-refractivity contribution in [3.63, 3.8) is 0 Å². The Morgan fingerprint density at radius 2 is 2.37 bits per heavy atom. The van der Waals surface area contributed by atoms with Crippen molar-refractivity contribution in [1.82, 2.24) is 15.1 Å². The summed E-state index contributed by atoms with van der Waals surface area (Å²) in [6.07, 6.45) is 0. The van der Waals surface area contributed by atoms with Gasteiger partial charge in [0.2, 0.25) is 0 Å². The van der Waals surface area contributed by atoms with Crippen LogP contribution in [0.5, 0.6) is 0 Å². The maximum Gasteiger partial charge on any atom is 0.272 e. The number of aromatic nitrogens is 2. The van der Waals surface area contributed by atoms with Gasteiger partial charge in [0.1, 0.15) is 5.69 Å². The Bertz CT molecular complexity index is 605. The topological polar surface area (TPSA) is 72.9 Å². The van der Waals surface area contributed by atoms with Crippen molar-refractivity contribution in [2.75, 3.05) is 5.73 Å². The molecule has 2 rings (SSSR count). The monoisotopic (exact) mass is 342 g/mol.